The number of piperazine rings is 1. The fourth-order valence-corrected chi connectivity index (χ4v) is 4.42. The number of anilines is 1. The van der Waals surface area contributed by atoms with Gasteiger partial charge in [0.05, 0.1) is 0 Å². The predicted octanol–water partition coefficient (Wildman–Crippen LogP) is 5.22. The lowest BCUT2D eigenvalue weighted by Crippen LogP contribution is -2.54. The quantitative estimate of drug-likeness (QED) is 0.374. The molecule has 1 saturated heterocycles. The summed E-state index contributed by atoms with van der Waals surface area (Å²) in [6.07, 6.45) is -11.8. The molecule has 10 heteroatoms. The van der Waals surface area contributed by atoms with Gasteiger partial charge in [-0.3, -0.25) is 0 Å². The van der Waals surface area contributed by atoms with Gasteiger partial charge in [-0.15, -0.1) is 5.92 Å². The van der Waals surface area contributed by atoms with Crippen LogP contribution in [-0.2, 0) is 5.60 Å². The highest BCUT2D eigenvalue weighted by atomic mass is 32.2. The van der Waals surface area contributed by atoms with E-state index in [4.69, 9.17) is 0 Å². The third-order valence-corrected chi connectivity index (χ3v) is 6.14. The fraction of sp³-hybridized carbons (Fsp3) is 0.364. The van der Waals surface area contributed by atoms with Crippen molar-refractivity contribution in [2.75, 3.05) is 24.5 Å². The number of aliphatic hydroxyl groups is 1. The van der Waals surface area contributed by atoms with Crippen LogP contribution in [-0.4, -0.2) is 47.4 Å². The smallest absolute Gasteiger partial charge is 0.369 e. The Kier molecular flexibility index (Phi) is 7.03. The molecule has 1 N–H and O–H groups in total. The van der Waals surface area contributed by atoms with Crippen molar-refractivity contribution in [3.8, 4) is 11.8 Å². The number of hydrogen-bond acceptors (Lipinski definition) is 4. The number of alkyl halides is 6. The van der Waals surface area contributed by atoms with E-state index >= 15 is 0 Å². The molecule has 1 aliphatic heterocycles. The zero-order valence-corrected chi connectivity index (χ0v) is 17.7. The van der Waals surface area contributed by atoms with Crippen LogP contribution < -0.4 is 4.90 Å². The van der Waals surface area contributed by atoms with E-state index in [9.17, 15) is 31.4 Å². The van der Waals surface area contributed by atoms with Crippen LogP contribution >= 0.6 is 11.9 Å². The molecule has 0 aliphatic carbocycles. The Labute approximate surface area is 186 Å². The highest BCUT2D eigenvalue weighted by Gasteiger charge is 2.71. The van der Waals surface area contributed by atoms with E-state index in [1.54, 1.807) is 18.9 Å². The predicted molar refractivity (Wildman–Crippen MR) is 111 cm³/mol. The minimum absolute atomic E-state index is 0.306. The first-order chi connectivity index (χ1) is 15.0. The second kappa shape index (κ2) is 9.25. The van der Waals surface area contributed by atoms with E-state index in [2.05, 4.69) is 16.1 Å². The Morgan fingerprint density at radius 2 is 1.50 bits per heavy atom. The average Bonchev–Trinajstić information content (AvgIpc) is 2.73. The Balaban J connectivity index is 1.82. The lowest BCUT2D eigenvalue weighted by Gasteiger charge is -2.40. The van der Waals surface area contributed by atoms with Crippen LogP contribution in [0.2, 0.25) is 0 Å². The maximum atomic E-state index is 13.1. The van der Waals surface area contributed by atoms with E-state index in [0.29, 0.717) is 37.5 Å². The molecule has 3 rings (SSSR count). The van der Waals surface area contributed by atoms with Gasteiger partial charge in [-0.05, 0) is 43.1 Å². The van der Waals surface area contributed by atoms with E-state index in [-0.39, 0.29) is 6.04 Å². The average molecular weight is 474 g/mol. The third-order valence-electron chi connectivity index (χ3n) is 5.07. The van der Waals surface area contributed by atoms with Gasteiger partial charge in [-0.25, -0.2) is 4.31 Å². The lowest BCUT2D eigenvalue weighted by molar-refractivity contribution is -0.376. The lowest BCUT2D eigenvalue weighted by atomic mass is 9.92. The van der Waals surface area contributed by atoms with Crippen molar-refractivity contribution in [3.63, 3.8) is 0 Å². The van der Waals surface area contributed by atoms with Crippen LogP contribution in [0.1, 0.15) is 12.5 Å². The summed E-state index contributed by atoms with van der Waals surface area (Å²) >= 11 is 1.56. The minimum atomic E-state index is -5.91. The molecule has 172 valence electrons. The summed E-state index contributed by atoms with van der Waals surface area (Å²) < 4.78 is 80.8. The zero-order valence-electron chi connectivity index (χ0n) is 16.9. The molecule has 0 bridgehead atoms. The zero-order chi connectivity index (χ0) is 23.6. The number of benzene rings is 2. The summed E-state index contributed by atoms with van der Waals surface area (Å²) in [5, 5.41) is 9.57. The van der Waals surface area contributed by atoms with Crippen LogP contribution in [0.25, 0.3) is 0 Å². The molecule has 0 saturated carbocycles. The SMILES string of the molecule is CC#CC1CN(Sc2ccccc2)CCN1c1ccc(C(O)(C(F)(F)F)C(F)(F)F)cc1. The van der Waals surface area contributed by atoms with Gasteiger partial charge >= 0.3 is 12.4 Å². The third kappa shape index (κ3) is 4.85. The van der Waals surface area contributed by atoms with Crippen molar-refractivity contribution in [1.82, 2.24) is 4.31 Å². The Morgan fingerprint density at radius 3 is 2.03 bits per heavy atom. The van der Waals surface area contributed by atoms with E-state index in [0.717, 1.165) is 17.0 Å². The van der Waals surface area contributed by atoms with Gasteiger partial charge in [0, 0.05) is 35.8 Å². The molecule has 0 spiro atoms. The van der Waals surface area contributed by atoms with Gasteiger partial charge in [-0.1, -0.05) is 36.3 Å². The maximum absolute atomic E-state index is 13.1. The molecule has 32 heavy (non-hydrogen) atoms. The molecule has 0 aromatic heterocycles. The van der Waals surface area contributed by atoms with E-state index in [1.807, 2.05) is 35.2 Å². The largest absolute Gasteiger partial charge is 0.430 e. The first kappa shape index (κ1) is 24.3. The van der Waals surface area contributed by atoms with Crippen molar-refractivity contribution < 1.29 is 31.4 Å². The number of halogens is 6. The summed E-state index contributed by atoms with van der Waals surface area (Å²) in [5.74, 6) is 5.89. The summed E-state index contributed by atoms with van der Waals surface area (Å²) in [4.78, 5) is 2.88. The second-order valence-corrected chi connectivity index (χ2v) is 8.32. The van der Waals surface area contributed by atoms with Gasteiger partial charge in [0.2, 0.25) is 0 Å². The van der Waals surface area contributed by atoms with Crippen LogP contribution in [0.4, 0.5) is 32.0 Å². The Bertz CT molecular complexity index is 952. The normalized spacial score (nSPS) is 18.2. The van der Waals surface area contributed by atoms with E-state index < -0.39 is 23.5 Å². The van der Waals surface area contributed by atoms with Gasteiger partial charge in [0.25, 0.3) is 5.60 Å². The highest BCUT2D eigenvalue weighted by molar-refractivity contribution is 7.97. The van der Waals surface area contributed by atoms with Gasteiger partial charge < -0.3 is 10.0 Å². The Morgan fingerprint density at radius 1 is 0.906 bits per heavy atom. The van der Waals surface area contributed by atoms with Gasteiger partial charge in [0.1, 0.15) is 6.04 Å². The molecule has 1 aliphatic rings. The van der Waals surface area contributed by atoms with Crippen LogP contribution in [0.5, 0.6) is 0 Å². The number of nitrogens with zero attached hydrogens (tertiary/aromatic N) is 2. The summed E-state index contributed by atoms with van der Waals surface area (Å²) in [7, 11) is 0. The molecule has 1 heterocycles. The number of rotatable bonds is 4. The molecule has 1 unspecified atom stereocenters. The highest BCUT2D eigenvalue weighted by Crippen LogP contribution is 2.50. The molecule has 0 amide bonds. The van der Waals surface area contributed by atoms with Crippen molar-refractivity contribution in [2.24, 2.45) is 0 Å². The standard InChI is InChI=1S/C22H20F6N2OS/c1-2-6-18-15-29(32-19-7-4-3-5-8-19)13-14-30(18)17-11-9-16(10-12-17)20(31,21(23,24)25)22(26,27)28/h3-5,7-12,18,31H,13-15H2,1H3. The van der Waals surface area contributed by atoms with Gasteiger partial charge in [0.15, 0.2) is 0 Å². The minimum Gasteiger partial charge on any atom is -0.369 e. The van der Waals surface area contributed by atoms with Crippen LogP contribution in [0, 0.1) is 11.8 Å². The molecule has 2 aromatic rings. The van der Waals surface area contributed by atoms with Crippen LogP contribution in [0.3, 0.4) is 0 Å². The Hall–Kier alpha value is -2.35. The molecule has 2 aromatic carbocycles. The van der Waals surface area contributed by atoms with Crippen molar-refractivity contribution >= 4 is 17.6 Å². The van der Waals surface area contributed by atoms with Crippen LogP contribution in [0.15, 0.2) is 59.5 Å². The molecular formula is C22H20F6N2OS. The molecule has 1 atom stereocenters. The van der Waals surface area contributed by atoms with Crippen molar-refractivity contribution in [1.29, 1.82) is 0 Å². The summed E-state index contributed by atoms with van der Waals surface area (Å²) in [6.45, 7) is 3.27. The van der Waals surface area contributed by atoms with Gasteiger partial charge in [-0.2, -0.15) is 26.3 Å². The molecule has 0 radical (unpaired) electrons. The molecular weight excluding hydrogens is 454 g/mol. The summed E-state index contributed by atoms with van der Waals surface area (Å²) in [6, 6.07) is 13.0. The second-order valence-electron chi connectivity index (χ2n) is 7.15. The number of hydrogen-bond donors (Lipinski definition) is 1. The maximum Gasteiger partial charge on any atom is 0.430 e. The van der Waals surface area contributed by atoms with Crippen molar-refractivity contribution in [3.05, 3.63) is 60.2 Å². The molecule has 3 nitrogen and oxygen atoms in total. The molecule has 1 fully saturated rings. The monoisotopic (exact) mass is 474 g/mol. The first-order valence-electron chi connectivity index (χ1n) is 9.60. The first-order valence-corrected chi connectivity index (χ1v) is 10.4. The van der Waals surface area contributed by atoms with Crippen molar-refractivity contribution in [2.45, 2.75) is 35.8 Å². The topological polar surface area (TPSA) is 26.7 Å². The van der Waals surface area contributed by atoms with E-state index in [1.165, 1.54) is 0 Å². The fourth-order valence-electron chi connectivity index (χ4n) is 3.45. The summed E-state index contributed by atoms with van der Waals surface area (Å²) in [5.41, 5.74) is -5.79.